The predicted molar refractivity (Wildman–Crippen MR) is 282 cm³/mol. The van der Waals surface area contributed by atoms with Gasteiger partial charge < -0.3 is 13.9 Å². The van der Waals surface area contributed by atoms with Crippen LogP contribution in [0.25, 0.3) is 50.1 Å². The van der Waals surface area contributed by atoms with Gasteiger partial charge in [0, 0.05) is 61.3 Å². The van der Waals surface area contributed by atoms with E-state index in [4.69, 9.17) is 9.72 Å². The fourth-order valence-electron chi connectivity index (χ4n) is 9.50. The number of pyridine rings is 1. The molecule has 0 unspecified atom stereocenters. The zero-order valence-corrected chi connectivity index (χ0v) is 44.1. The van der Waals surface area contributed by atoms with Gasteiger partial charge in [0.25, 0.3) is 6.33 Å². The maximum absolute atomic E-state index is 6.75. The molecule has 0 N–H and O–H groups in total. The van der Waals surface area contributed by atoms with Crippen molar-refractivity contribution in [1.82, 2.24) is 14.1 Å². The van der Waals surface area contributed by atoms with Gasteiger partial charge >= 0.3 is 0 Å². The van der Waals surface area contributed by atoms with E-state index in [-0.39, 0.29) is 42.7 Å². The molecule has 70 heavy (non-hydrogen) atoms. The van der Waals surface area contributed by atoms with Crippen LogP contribution in [0.3, 0.4) is 0 Å². The topological polar surface area (TPSA) is 35.9 Å². The van der Waals surface area contributed by atoms with E-state index in [2.05, 4.69) is 255 Å². The van der Waals surface area contributed by atoms with E-state index < -0.39 is 0 Å². The molecule has 10 aromatic rings. The first-order chi connectivity index (χ1) is 32.9. The number of hydrogen-bond donors (Lipinski definition) is 0. The van der Waals surface area contributed by atoms with Crippen LogP contribution in [0.4, 0.5) is 0 Å². The van der Waals surface area contributed by atoms with Crippen molar-refractivity contribution < 1.29 is 30.4 Å². The van der Waals surface area contributed by atoms with Crippen molar-refractivity contribution in [3.8, 4) is 39.8 Å². The Morgan fingerprint density at radius 1 is 0.500 bits per heavy atom. The van der Waals surface area contributed by atoms with Gasteiger partial charge in [0.05, 0.1) is 11.4 Å². The number of hydrogen-bond acceptors (Lipinski definition) is 2. The van der Waals surface area contributed by atoms with Crippen LogP contribution in [0.1, 0.15) is 103 Å². The maximum Gasteiger partial charge on any atom is 0.267 e. The third-order valence-electron chi connectivity index (χ3n) is 13.9. The van der Waals surface area contributed by atoms with Crippen molar-refractivity contribution in [2.45, 2.75) is 90.9 Å². The van der Waals surface area contributed by atoms with Crippen molar-refractivity contribution in [3.05, 3.63) is 234 Å². The molecule has 5 nitrogen and oxygen atoms in total. The summed E-state index contributed by atoms with van der Waals surface area (Å²) < 4.78 is 13.3. The monoisotopic (exact) mass is 1100 g/mol. The van der Waals surface area contributed by atoms with Gasteiger partial charge in [-0.1, -0.05) is 184 Å². The normalized spacial score (nSPS) is 12.3. The maximum atomic E-state index is 6.75. The van der Waals surface area contributed by atoms with E-state index in [1.54, 1.807) is 0 Å². The van der Waals surface area contributed by atoms with Crippen LogP contribution in [-0.2, 0) is 42.7 Å². The zero-order valence-electron chi connectivity index (χ0n) is 41.8. The summed E-state index contributed by atoms with van der Waals surface area (Å²) in [7, 11) is 0. The van der Waals surface area contributed by atoms with Crippen LogP contribution < -0.4 is 9.30 Å². The van der Waals surface area contributed by atoms with Crippen LogP contribution in [0.5, 0.6) is 11.5 Å². The minimum Gasteiger partial charge on any atom is -0.510 e. The van der Waals surface area contributed by atoms with Crippen molar-refractivity contribution in [1.29, 1.82) is 0 Å². The van der Waals surface area contributed by atoms with Gasteiger partial charge in [0.1, 0.15) is 5.82 Å². The first-order valence-corrected chi connectivity index (χ1v) is 24.0. The number of benzene rings is 7. The summed E-state index contributed by atoms with van der Waals surface area (Å²) in [6.45, 7) is 22.7. The Kier molecular flexibility index (Phi) is 12.7. The Labute approximate surface area is 428 Å². The van der Waals surface area contributed by atoms with Crippen LogP contribution >= 0.6 is 0 Å². The quantitative estimate of drug-likeness (QED) is 0.101. The van der Waals surface area contributed by atoms with E-state index in [0.29, 0.717) is 11.5 Å². The molecule has 354 valence electrons. The van der Waals surface area contributed by atoms with E-state index >= 15 is 0 Å². The number of fused-ring (bicyclic) bond motifs is 3. The van der Waals surface area contributed by atoms with Gasteiger partial charge in [0.2, 0.25) is 0 Å². The number of rotatable bonds is 10. The average molecular weight is 1100 g/mol. The standard InChI is InChI=1S/C64H60N4O.Pt/c1-61(2,3)48-33-34-65-60(39-48)68-57-32-29-49(63(7,8)46-23-16-12-17-24-46)38-56(57)55-31-30-54(41-58(55)68)69-53-28-20-27-51(40-53)66-42-59(64(9,10)47-25-18-13-19-26-47)67(43-66)52-36-45(44-21-14-11-15-22-44)35-50(37-52)62(4,5)6;/h11-39,42H,1-10H3;/q-2;. The second-order valence-corrected chi connectivity index (χ2v) is 21.5. The molecule has 0 radical (unpaired) electrons. The van der Waals surface area contributed by atoms with Crippen LogP contribution in [0.15, 0.2) is 182 Å². The molecule has 10 rings (SSSR count). The minimum absolute atomic E-state index is 0. The molecule has 3 aromatic heterocycles. The van der Waals surface area contributed by atoms with E-state index in [9.17, 15) is 0 Å². The fraction of sp³-hybridized carbons (Fsp3) is 0.219. The summed E-state index contributed by atoms with van der Waals surface area (Å²) >= 11 is 0. The molecule has 6 heteroatoms. The van der Waals surface area contributed by atoms with Gasteiger partial charge in [-0.15, -0.1) is 29.7 Å². The van der Waals surface area contributed by atoms with Crippen LogP contribution in [-0.4, -0.2) is 14.1 Å². The summed E-state index contributed by atoms with van der Waals surface area (Å²) in [5.41, 5.74) is 12.7. The van der Waals surface area contributed by atoms with Crippen molar-refractivity contribution >= 4 is 21.8 Å². The molecule has 0 aliphatic rings. The molecule has 0 fully saturated rings. The summed E-state index contributed by atoms with van der Waals surface area (Å²) in [5, 5.41) is 2.22. The van der Waals surface area contributed by atoms with Gasteiger partial charge in [0.15, 0.2) is 0 Å². The Balaban J connectivity index is 0.00000608. The first kappa shape index (κ1) is 48.2. The summed E-state index contributed by atoms with van der Waals surface area (Å²) in [5.74, 6) is 2.00. The predicted octanol–water partition coefficient (Wildman–Crippen LogP) is 15.4. The molecule has 3 heterocycles. The molecular weight excluding hydrogens is 1040 g/mol. The largest absolute Gasteiger partial charge is 0.510 e. The molecule has 0 atom stereocenters. The van der Waals surface area contributed by atoms with Gasteiger partial charge in [-0.05, 0) is 91.2 Å². The molecule has 0 bridgehead atoms. The molecule has 7 aromatic carbocycles. The first-order valence-electron chi connectivity index (χ1n) is 24.0. The Morgan fingerprint density at radius 2 is 1.14 bits per heavy atom. The van der Waals surface area contributed by atoms with Gasteiger partial charge in [-0.2, -0.15) is 18.2 Å². The fourth-order valence-corrected chi connectivity index (χ4v) is 9.50. The molecule has 0 spiro atoms. The van der Waals surface area contributed by atoms with E-state index in [0.717, 1.165) is 44.7 Å². The van der Waals surface area contributed by atoms with E-state index in [1.807, 2.05) is 29.0 Å². The van der Waals surface area contributed by atoms with Crippen molar-refractivity contribution in [3.63, 3.8) is 0 Å². The Bertz CT molecular complexity index is 3480. The third kappa shape index (κ3) is 9.20. The van der Waals surface area contributed by atoms with Crippen LogP contribution in [0.2, 0.25) is 0 Å². The number of nitrogens with zero attached hydrogens (tertiary/aromatic N) is 4. The average Bonchev–Trinajstić information content (AvgIpc) is 3.95. The molecule has 0 saturated carbocycles. The van der Waals surface area contributed by atoms with Gasteiger partial charge in [-0.3, -0.25) is 4.57 Å². The summed E-state index contributed by atoms with van der Waals surface area (Å²) in [6, 6.07) is 67.7. The third-order valence-corrected chi connectivity index (χ3v) is 13.9. The second kappa shape index (κ2) is 18.5. The number of imidazole rings is 1. The molecular formula is C64H60N4OPt-2. The second-order valence-electron chi connectivity index (χ2n) is 21.5. The smallest absolute Gasteiger partial charge is 0.267 e. The molecule has 0 aliphatic heterocycles. The minimum atomic E-state index is -0.385. The number of ether oxygens (including phenoxy) is 1. The molecule has 0 aliphatic carbocycles. The molecule has 0 saturated heterocycles. The molecule has 0 amide bonds. The number of aromatic nitrogens is 4. The van der Waals surface area contributed by atoms with E-state index in [1.165, 1.54) is 38.9 Å². The van der Waals surface area contributed by atoms with Gasteiger partial charge in [-0.25, -0.2) is 4.98 Å². The zero-order chi connectivity index (χ0) is 48.3. The SMILES string of the molecule is CC(C)(C)c1cc(-c2ccccc2)cc(-[n+]2[c-]n(-c3[c-]c(Oc4[c-]c5c(cc4)c4cc(C(C)(C)c6ccccc6)ccc4n5-c4cc(C(C)(C)C)ccn4)ccc3)cc2C(C)(C)c2ccccc2)c1.[Pt]. The Hall–Kier alpha value is -6.81. The van der Waals surface area contributed by atoms with Crippen molar-refractivity contribution in [2.75, 3.05) is 0 Å². The Morgan fingerprint density at radius 3 is 1.81 bits per heavy atom. The van der Waals surface area contributed by atoms with Crippen LogP contribution in [0, 0.1) is 18.5 Å². The summed E-state index contributed by atoms with van der Waals surface area (Å²) in [4.78, 5) is 4.97. The summed E-state index contributed by atoms with van der Waals surface area (Å²) in [6.07, 6.45) is 7.88. The van der Waals surface area contributed by atoms with Crippen molar-refractivity contribution in [2.24, 2.45) is 0 Å².